The minimum atomic E-state index is 0.217. The zero-order chi connectivity index (χ0) is 20.8. The third-order valence-corrected chi connectivity index (χ3v) is 5.98. The topological polar surface area (TPSA) is 82.1 Å². The molecule has 0 bridgehead atoms. The van der Waals surface area contributed by atoms with Crippen molar-refractivity contribution in [3.63, 3.8) is 0 Å². The van der Waals surface area contributed by atoms with Gasteiger partial charge in [0.2, 0.25) is 0 Å². The molecule has 4 N–H and O–H groups in total. The molecule has 30 heavy (non-hydrogen) atoms. The number of aromatic nitrogens is 2. The number of benzene rings is 2. The van der Waals surface area contributed by atoms with Gasteiger partial charge in [-0.2, -0.15) is 0 Å². The summed E-state index contributed by atoms with van der Waals surface area (Å²) in [4.78, 5) is 9.99. The molecule has 6 nitrogen and oxygen atoms in total. The maximum atomic E-state index is 9.69. The minimum absolute atomic E-state index is 0.217. The van der Waals surface area contributed by atoms with E-state index in [1.54, 1.807) is 35.9 Å². The fourth-order valence-corrected chi connectivity index (χ4v) is 4.27. The molecule has 2 aromatic heterocycles. The van der Waals surface area contributed by atoms with Crippen LogP contribution in [0.25, 0.3) is 20.7 Å². The van der Waals surface area contributed by atoms with Crippen LogP contribution in [0.5, 0.6) is 5.75 Å². The second-order valence-corrected chi connectivity index (χ2v) is 8.08. The Bertz CT molecular complexity index is 1110. The second kappa shape index (κ2) is 9.67. The van der Waals surface area contributed by atoms with Crippen molar-refractivity contribution < 1.29 is 5.11 Å². The van der Waals surface area contributed by atoms with Gasteiger partial charge in [0.15, 0.2) is 5.82 Å². The van der Waals surface area contributed by atoms with E-state index in [-0.39, 0.29) is 5.75 Å². The van der Waals surface area contributed by atoms with Crippen molar-refractivity contribution >= 4 is 33.1 Å². The summed E-state index contributed by atoms with van der Waals surface area (Å²) in [6.45, 7) is 2.94. The summed E-state index contributed by atoms with van der Waals surface area (Å²) in [7, 11) is 1.96. The number of phenols is 1. The van der Waals surface area contributed by atoms with Crippen LogP contribution in [0.3, 0.4) is 0 Å². The first-order valence-corrected chi connectivity index (χ1v) is 10.8. The highest BCUT2D eigenvalue weighted by molar-refractivity contribution is 7.22. The van der Waals surface area contributed by atoms with Crippen LogP contribution >= 0.6 is 11.3 Å². The van der Waals surface area contributed by atoms with E-state index in [0.717, 1.165) is 52.7 Å². The maximum Gasteiger partial charge on any atom is 0.151 e. The molecule has 4 rings (SSSR count). The zero-order valence-corrected chi connectivity index (χ0v) is 17.7. The van der Waals surface area contributed by atoms with Crippen LogP contribution in [0, 0.1) is 0 Å². The predicted octanol–water partition coefficient (Wildman–Crippen LogP) is 4.16. The van der Waals surface area contributed by atoms with Gasteiger partial charge < -0.3 is 21.1 Å². The molecule has 0 aliphatic heterocycles. The van der Waals surface area contributed by atoms with Crippen molar-refractivity contribution in [2.45, 2.75) is 6.42 Å². The number of hydrogen-bond acceptors (Lipinski definition) is 7. The van der Waals surface area contributed by atoms with Crippen molar-refractivity contribution in [1.29, 1.82) is 0 Å². The van der Waals surface area contributed by atoms with Gasteiger partial charge in [-0.15, -0.1) is 11.3 Å². The molecule has 7 heteroatoms. The Morgan fingerprint density at radius 1 is 0.967 bits per heavy atom. The van der Waals surface area contributed by atoms with Crippen molar-refractivity contribution in [2.75, 3.05) is 32.0 Å². The van der Waals surface area contributed by atoms with Crippen LogP contribution in [0.15, 0.2) is 60.9 Å². The monoisotopic (exact) mass is 419 g/mol. The van der Waals surface area contributed by atoms with E-state index in [1.165, 1.54) is 11.1 Å². The van der Waals surface area contributed by atoms with Gasteiger partial charge in [0.05, 0.1) is 10.2 Å². The molecule has 0 saturated heterocycles. The fourth-order valence-electron chi connectivity index (χ4n) is 3.21. The summed E-state index contributed by atoms with van der Waals surface area (Å²) in [5, 5.41) is 19.5. The van der Waals surface area contributed by atoms with Crippen molar-refractivity contribution in [3.8, 4) is 16.2 Å². The van der Waals surface area contributed by atoms with Gasteiger partial charge in [-0.25, -0.2) is 9.97 Å². The first kappa shape index (κ1) is 20.3. The van der Waals surface area contributed by atoms with Gasteiger partial charge >= 0.3 is 0 Å². The third kappa shape index (κ3) is 4.94. The van der Waals surface area contributed by atoms with Crippen LogP contribution in [0.4, 0.5) is 11.5 Å². The molecule has 0 spiro atoms. The molecule has 4 aromatic rings. The first-order valence-electron chi connectivity index (χ1n) is 9.98. The molecule has 2 aromatic carbocycles. The first-order chi connectivity index (χ1) is 14.7. The SMILES string of the molecule is CNCCNCCc1ccc(-c2cc3ncnc(Nc4cccc(O)c4)c3s2)cc1. The van der Waals surface area contributed by atoms with E-state index < -0.39 is 0 Å². The van der Waals surface area contributed by atoms with E-state index in [9.17, 15) is 5.11 Å². The number of rotatable bonds is 9. The normalized spacial score (nSPS) is 11.1. The van der Waals surface area contributed by atoms with Crippen LogP contribution in [0.1, 0.15) is 5.56 Å². The Morgan fingerprint density at radius 2 is 1.83 bits per heavy atom. The van der Waals surface area contributed by atoms with E-state index in [0.29, 0.717) is 0 Å². The van der Waals surface area contributed by atoms with E-state index in [2.05, 4.69) is 56.3 Å². The largest absolute Gasteiger partial charge is 0.508 e. The molecule has 0 unspecified atom stereocenters. The standard InChI is InChI=1S/C23H25N5OS/c1-24-11-12-25-10-9-16-5-7-17(8-6-16)21-14-20-22(30-21)23(27-15-26-20)28-18-3-2-4-19(29)13-18/h2-8,13-15,24-25,29H,9-12H2,1H3,(H,26,27,28). The Kier molecular flexibility index (Phi) is 6.53. The second-order valence-electron chi connectivity index (χ2n) is 7.02. The number of aromatic hydroxyl groups is 1. The van der Waals surface area contributed by atoms with Crippen LogP contribution in [-0.4, -0.2) is 41.8 Å². The van der Waals surface area contributed by atoms with E-state index in [4.69, 9.17) is 0 Å². The summed E-state index contributed by atoms with van der Waals surface area (Å²) >= 11 is 1.66. The molecule has 0 atom stereocenters. The third-order valence-electron chi connectivity index (χ3n) is 4.80. The number of phenolic OH excluding ortho intramolecular Hbond substituents is 1. The zero-order valence-electron chi connectivity index (χ0n) is 16.9. The number of anilines is 2. The molecule has 0 radical (unpaired) electrons. The van der Waals surface area contributed by atoms with E-state index in [1.807, 2.05) is 13.1 Å². The van der Waals surface area contributed by atoms with Gasteiger partial charge in [0, 0.05) is 29.7 Å². The van der Waals surface area contributed by atoms with Gasteiger partial charge in [-0.3, -0.25) is 0 Å². The Labute approximate surface area is 180 Å². The minimum Gasteiger partial charge on any atom is -0.508 e. The average molecular weight is 420 g/mol. The lowest BCUT2D eigenvalue weighted by Crippen LogP contribution is -2.26. The molecular formula is C23H25N5OS. The van der Waals surface area contributed by atoms with Crippen molar-refractivity contribution in [2.24, 2.45) is 0 Å². The number of fused-ring (bicyclic) bond motifs is 1. The molecule has 0 fully saturated rings. The quantitative estimate of drug-likeness (QED) is 0.305. The molecule has 154 valence electrons. The Hall–Kier alpha value is -3.00. The summed E-state index contributed by atoms with van der Waals surface area (Å²) in [5.74, 6) is 0.959. The van der Waals surface area contributed by atoms with Gasteiger partial charge in [-0.1, -0.05) is 30.3 Å². The molecule has 2 heterocycles. The van der Waals surface area contributed by atoms with Crippen LogP contribution < -0.4 is 16.0 Å². The summed E-state index contributed by atoms with van der Waals surface area (Å²) in [6, 6.07) is 17.8. The number of thiophene rings is 1. The molecular weight excluding hydrogens is 394 g/mol. The van der Waals surface area contributed by atoms with Crippen LogP contribution in [0.2, 0.25) is 0 Å². The maximum absolute atomic E-state index is 9.69. The number of nitrogens with one attached hydrogen (secondary N) is 3. The Balaban J connectivity index is 1.49. The smallest absolute Gasteiger partial charge is 0.151 e. The number of hydrogen-bond donors (Lipinski definition) is 4. The lowest BCUT2D eigenvalue weighted by atomic mass is 10.1. The van der Waals surface area contributed by atoms with Crippen LogP contribution in [-0.2, 0) is 6.42 Å². The fraction of sp³-hybridized carbons (Fsp3) is 0.217. The lowest BCUT2D eigenvalue weighted by Gasteiger charge is -2.06. The summed E-state index contributed by atoms with van der Waals surface area (Å²) in [5.41, 5.74) is 4.19. The average Bonchev–Trinajstić information content (AvgIpc) is 3.20. The number of likely N-dealkylation sites (N-methyl/N-ethyl adjacent to an activating group) is 1. The predicted molar refractivity (Wildman–Crippen MR) is 125 cm³/mol. The molecule has 0 aliphatic carbocycles. The van der Waals surface area contributed by atoms with E-state index >= 15 is 0 Å². The molecule has 0 saturated carbocycles. The highest BCUT2D eigenvalue weighted by Gasteiger charge is 2.11. The van der Waals surface area contributed by atoms with Gasteiger partial charge in [0.25, 0.3) is 0 Å². The lowest BCUT2D eigenvalue weighted by molar-refractivity contribution is 0.475. The molecule has 0 amide bonds. The highest BCUT2D eigenvalue weighted by Crippen LogP contribution is 2.36. The summed E-state index contributed by atoms with van der Waals surface area (Å²) in [6.07, 6.45) is 2.58. The van der Waals surface area contributed by atoms with Gasteiger partial charge in [0.1, 0.15) is 12.1 Å². The van der Waals surface area contributed by atoms with Crippen molar-refractivity contribution in [3.05, 3.63) is 66.5 Å². The van der Waals surface area contributed by atoms with Gasteiger partial charge in [-0.05, 0) is 49.3 Å². The molecule has 0 aliphatic rings. The Morgan fingerprint density at radius 3 is 2.63 bits per heavy atom. The number of nitrogens with zero attached hydrogens (tertiary/aromatic N) is 2. The highest BCUT2D eigenvalue weighted by atomic mass is 32.1. The summed E-state index contributed by atoms with van der Waals surface area (Å²) < 4.78 is 0.994. The van der Waals surface area contributed by atoms with Crippen molar-refractivity contribution in [1.82, 2.24) is 20.6 Å².